The van der Waals surface area contributed by atoms with E-state index in [0.717, 1.165) is 74.9 Å². The first-order valence-corrected chi connectivity index (χ1v) is 13.2. The molecule has 0 spiro atoms. The van der Waals surface area contributed by atoms with E-state index in [1.807, 2.05) is 42.5 Å². The maximum Gasteiger partial charge on any atom is 0.321 e. The van der Waals surface area contributed by atoms with Gasteiger partial charge in [0.15, 0.2) is 0 Å². The van der Waals surface area contributed by atoms with E-state index in [4.69, 9.17) is 4.99 Å². The van der Waals surface area contributed by atoms with Crippen LogP contribution in [0.4, 0.5) is 21.9 Å². The molecule has 3 amide bonds. The number of para-hydroxylation sites is 1. The molecule has 1 atom stereocenters. The van der Waals surface area contributed by atoms with Gasteiger partial charge in [-0.2, -0.15) is 0 Å². The Labute approximate surface area is 219 Å². The normalized spacial score (nSPS) is 21.3. The molecule has 2 aromatic rings. The number of benzodiazepines with no additional fused rings is 1. The lowest BCUT2D eigenvalue weighted by atomic mass is 9.98. The summed E-state index contributed by atoms with van der Waals surface area (Å²) in [4.78, 5) is 39.8. The van der Waals surface area contributed by atoms with Gasteiger partial charge in [-0.05, 0) is 56.1 Å². The van der Waals surface area contributed by atoms with Crippen molar-refractivity contribution in [3.63, 3.8) is 0 Å². The van der Waals surface area contributed by atoms with Gasteiger partial charge in [-0.15, -0.1) is 0 Å². The van der Waals surface area contributed by atoms with Crippen LogP contribution in [0.15, 0.2) is 53.5 Å². The molecule has 0 bridgehead atoms. The van der Waals surface area contributed by atoms with E-state index in [1.54, 1.807) is 11.9 Å². The molecule has 5 rings (SSSR count). The minimum atomic E-state index is -1.02. The highest BCUT2D eigenvalue weighted by atomic mass is 16.2. The van der Waals surface area contributed by atoms with Crippen molar-refractivity contribution in [1.29, 1.82) is 0 Å². The standard InChI is InChI=1S/C28H37N7O2/c1-20-11-13-35(14-12-20)26-23-9-4-5-10-24(23)33(3)27(36)25(30-26)31-28(37)29-21-7-6-8-22(19-21)34-17-15-32(2)16-18-34/h4-10,19-20,25H,11-18H2,1-3H3,(H2,29,31,37)/t25-/m0/s1. The fourth-order valence-corrected chi connectivity index (χ4v) is 5.21. The Hall–Kier alpha value is -3.59. The topological polar surface area (TPSA) is 83.5 Å². The summed E-state index contributed by atoms with van der Waals surface area (Å²) >= 11 is 0. The average Bonchev–Trinajstić information content (AvgIpc) is 3.00. The molecule has 196 valence electrons. The predicted octanol–water partition coefficient (Wildman–Crippen LogP) is 3.04. The SMILES string of the molecule is CC1CCN(C2=N[C@@H](NC(=O)Nc3cccc(N4CCN(C)CC4)c3)C(=O)N(C)c3ccccc32)CC1. The highest BCUT2D eigenvalue weighted by Gasteiger charge is 2.33. The number of amidine groups is 1. The summed E-state index contributed by atoms with van der Waals surface area (Å²) in [5, 5.41) is 5.74. The molecule has 3 aliphatic rings. The van der Waals surface area contributed by atoms with Crippen LogP contribution < -0.4 is 20.4 Å². The van der Waals surface area contributed by atoms with Crippen LogP contribution in [0.2, 0.25) is 0 Å². The number of nitrogens with one attached hydrogen (secondary N) is 2. The lowest BCUT2D eigenvalue weighted by molar-refractivity contribution is -0.119. The molecule has 3 aliphatic heterocycles. The highest BCUT2D eigenvalue weighted by Crippen LogP contribution is 2.28. The molecule has 2 N–H and O–H groups in total. The van der Waals surface area contributed by atoms with E-state index >= 15 is 0 Å². The maximum atomic E-state index is 13.4. The minimum absolute atomic E-state index is 0.269. The molecule has 9 heteroatoms. The van der Waals surface area contributed by atoms with Crippen LogP contribution in [0.5, 0.6) is 0 Å². The molecule has 3 heterocycles. The number of benzene rings is 2. The number of piperidine rings is 1. The first-order chi connectivity index (χ1) is 17.9. The summed E-state index contributed by atoms with van der Waals surface area (Å²) in [6.07, 6.45) is 1.13. The lowest BCUT2D eigenvalue weighted by Gasteiger charge is -2.34. The van der Waals surface area contributed by atoms with Crippen molar-refractivity contribution < 1.29 is 9.59 Å². The number of piperazine rings is 1. The van der Waals surface area contributed by atoms with Crippen molar-refractivity contribution >= 4 is 34.8 Å². The van der Waals surface area contributed by atoms with Crippen molar-refractivity contribution in [2.75, 3.05) is 68.5 Å². The zero-order valence-corrected chi connectivity index (χ0v) is 22.0. The number of rotatable bonds is 3. The van der Waals surface area contributed by atoms with Crippen LogP contribution in [0.3, 0.4) is 0 Å². The quantitative estimate of drug-likeness (QED) is 0.673. The third-order valence-corrected chi connectivity index (χ3v) is 7.65. The van der Waals surface area contributed by atoms with Crippen LogP contribution in [0.25, 0.3) is 0 Å². The van der Waals surface area contributed by atoms with Gasteiger partial charge in [0.05, 0.1) is 5.69 Å². The van der Waals surface area contributed by atoms with Gasteiger partial charge in [-0.1, -0.05) is 25.1 Å². The number of aliphatic imine (C=N–C) groups is 1. The molecule has 0 unspecified atom stereocenters. The van der Waals surface area contributed by atoms with E-state index in [0.29, 0.717) is 11.6 Å². The van der Waals surface area contributed by atoms with Crippen LogP contribution >= 0.6 is 0 Å². The fourth-order valence-electron chi connectivity index (χ4n) is 5.21. The molecular formula is C28H37N7O2. The Balaban J connectivity index is 1.34. The number of hydrogen-bond donors (Lipinski definition) is 2. The predicted molar refractivity (Wildman–Crippen MR) is 148 cm³/mol. The Bertz CT molecular complexity index is 1170. The van der Waals surface area contributed by atoms with Gasteiger partial charge in [0.2, 0.25) is 6.17 Å². The second-order valence-electron chi connectivity index (χ2n) is 10.4. The third kappa shape index (κ3) is 5.56. The molecule has 2 aromatic carbocycles. The molecule has 2 fully saturated rings. The Morgan fingerprint density at radius 1 is 0.919 bits per heavy atom. The molecule has 0 aromatic heterocycles. The van der Waals surface area contributed by atoms with Crippen molar-refractivity contribution in [2.45, 2.75) is 25.9 Å². The third-order valence-electron chi connectivity index (χ3n) is 7.65. The van der Waals surface area contributed by atoms with Gasteiger partial charge >= 0.3 is 6.03 Å². The largest absolute Gasteiger partial charge is 0.369 e. The number of fused-ring (bicyclic) bond motifs is 1. The summed E-state index contributed by atoms with van der Waals surface area (Å²) < 4.78 is 0. The van der Waals surface area contributed by atoms with Crippen molar-refractivity contribution in [3.05, 3.63) is 54.1 Å². The van der Waals surface area contributed by atoms with Crippen LogP contribution in [0, 0.1) is 5.92 Å². The second-order valence-corrected chi connectivity index (χ2v) is 10.4. The van der Waals surface area contributed by atoms with Gasteiger partial charge in [-0.25, -0.2) is 9.79 Å². The first-order valence-electron chi connectivity index (χ1n) is 13.2. The van der Waals surface area contributed by atoms with Gasteiger partial charge in [0.25, 0.3) is 5.91 Å². The van der Waals surface area contributed by atoms with Crippen LogP contribution in [0.1, 0.15) is 25.3 Å². The summed E-state index contributed by atoms with van der Waals surface area (Å²) in [5.41, 5.74) is 3.47. The van der Waals surface area contributed by atoms with Gasteiger partial charge in [0, 0.05) is 63.3 Å². The number of likely N-dealkylation sites (tertiary alicyclic amines) is 1. The minimum Gasteiger partial charge on any atom is -0.369 e. The maximum absolute atomic E-state index is 13.4. The fraction of sp³-hybridized carbons (Fsp3) is 0.464. The molecule has 2 saturated heterocycles. The van der Waals surface area contributed by atoms with E-state index in [2.05, 4.69) is 45.4 Å². The highest BCUT2D eigenvalue weighted by molar-refractivity contribution is 6.12. The summed E-state index contributed by atoms with van der Waals surface area (Å²) in [5.74, 6) is 1.17. The molecule has 0 aliphatic carbocycles. The van der Waals surface area contributed by atoms with Crippen molar-refractivity contribution in [3.8, 4) is 0 Å². The number of carbonyl (C=O) groups excluding carboxylic acids is 2. The summed E-state index contributed by atoms with van der Waals surface area (Å²) in [6, 6.07) is 15.2. The van der Waals surface area contributed by atoms with Gasteiger partial charge < -0.3 is 30.2 Å². The van der Waals surface area contributed by atoms with E-state index < -0.39 is 12.2 Å². The number of urea groups is 1. The van der Waals surface area contributed by atoms with Crippen LogP contribution in [-0.2, 0) is 4.79 Å². The Morgan fingerprint density at radius 2 is 1.65 bits per heavy atom. The summed E-state index contributed by atoms with van der Waals surface area (Å²) in [6.45, 7) is 7.94. The number of likely N-dealkylation sites (N-methyl/N-ethyl adjacent to an activating group) is 2. The molecule has 9 nitrogen and oxygen atoms in total. The average molecular weight is 504 g/mol. The Morgan fingerprint density at radius 3 is 2.41 bits per heavy atom. The summed E-state index contributed by atoms with van der Waals surface area (Å²) in [7, 11) is 3.87. The molecular weight excluding hydrogens is 466 g/mol. The van der Waals surface area contributed by atoms with Gasteiger partial charge in [0.1, 0.15) is 5.84 Å². The van der Waals surface area contributed by atoms with E-state index in [-0.39, 0.29) is 5.91 Å². The van der Waals surface area contributed by atoms with Gasteiger partial charge in [-0.3, -0.25) is 4.79 Å². The number of nitrogens with zero attached hydrogens (tertiary/aromatic N) is 5. The monoisotopic (exact) mass is 503 g/mol. The number of carbonyl (C=O) groups is 2. The van der Waals surface area contributed by atoms with E-state index in [1.165, 1.54) is 0 Å². The number of anilines is 3. The van der Waals surface area contributed by atoms with Crippen LogP contribution in [-0.4, -0.2) is 87.1 Å². The Kier molecular flexibility index (Phi) is 7.32. The molecule has 37 heavy (non-hydrogen) atoms. The lowest BCUT2D eigenvalue weighted by Crippen LogP contribution is -2.48. The molecule has 0 radical (unpaired) electrons. The smallest absolute Gasteiger partial charge is 0.321 e. The van der Waals surface area contributed by atoms with Crippen molar-refractivity contribution in [2.24, 2.45) is 10.9 Å². The first kappa shape index (κ1) is 25.1. The number of amides is 3. The van der Waals surface area contributed by atoms with E-state index in [9.17, 15) is 9.59 Å². The van der Waals surface area contributed by atoms with Crippen molar-refractivity contribution in [1.82, 2.24) is 15.1 Å². The zero-order valence-electron chi connectivity index (χ0n) is 22.0. The molecule has 0 saturated carbocycles. The number of hydrogen-bond acceptors (Lipinski definition) is 6. The zero-order chi connectivity index (χ0) is 25.9. The second kappa shape index (κ2) is 10.8.